The number of nitrogens with zero attached hydrogens (tertiary/aromatic N) is 2. The van der Waals surface area contributed by atoms with Gasteiger partial charge in [-0.15, -0.1) is 0 Å². The van der Waals surface area contributed by atoms with Crippen LogP contribution in [0.1, 0.15) is 21.6 Å². The minimum atomic E-state index is -0.124. The van der Waals surface area contributed by atoms with E-state index in [9.17, 15) is 4.79 Å². The van der Waals surface area contributed by atoms with Gasteiger partial charge in [0.2, 0.25) is 5.95 Å². The summed E-state index contributed by atoms with van der Waals surface area (Å²) in [6.45, 7) is 4.94. The quantitative estimate of drug-likeness (QED) is 0.474. The summed E-state index contributed by atoms with van der Waals surface area (Å²) in [5.41, 5.74) is 3.63. The third-order valence-electron chi connectivity index (χ3n) is 3.99. The van der Waals surface area contributed by atoms with Crippen LogP contribution >= 0.6 is 15.9 Å². The summed E-state index contributed by atoms with van der Waals surface area (Å²) in [5.74, 6) is 1.11. The van der Waals surface area contributed by atoms with Gasteiger partial charge in [-0.2, -0.15) is 4.98 Å². The standard InChI is InChI=1S/C21H22BrN5O/c1-14-7-9-16(10-8-14)26-19-13-15(2)25-21(27-19)24-12-11-23-20(28)17-5-3-4-6-18(17)22/h3-10,13H,11-12H2,1-2H3,(H,23,28)(H2,24,25,26,27). The van der Waals surface area contributed by atoms with Crippen molar-refractivity contribution < 1.29 is 4.79 Å². The Bertz CT molecular complexity index is 959. The molecule has 0 atom stereocenters. The van der Waals surface area contributed by atoms with E-state index < -0.39 is 0 Å². The third-order valence-corrected chi connectivity index (χ3v) is 4.68. The van der Waals surface area contributed by atoms with Crippen LogP contribution in [0.3, 0.4) is 0 Å². The number of hydrogen-bond acceptors (Lipinski definition) is 5. The summed E-state index contributed by atoms with van der Waals surface area (Å²) in [7, 11) is 0. The van der Waals surface area contributed by atoms with E-state index in [1.807, 2.05) is 55.5 Å². The predicted octanol–water partition coefficient (Wildman–Crippen LogP) is 4.44. The van der Waals surface area contributed by atoms with Crippen molar-refractivity contribution in [1.29, 1.82) is 0 Å². The number of carbonyl (C=O) groups is 1. The smallest absolute Gasteiger partial charge is 0.252 e. The van der Waals surface area contributed by atoms with E-state index in [4.69, 9.17) is 0 Å². The first-order chi connectivity index (χ1) is 13.5. The van der Waals surface area contributed by atoms with Crippen molar-refractivity contribution in [3.05, 3.63) is 75.9 Å². The van der Waals surface area contributed by atoms with Crippen molar-refractivity contribution in [3.63, 3.8) is 0 Å². The molecule has 6 nitrogen and oxygen atoms in total. The minimum Gasteiger partial charge on any atom is -0.352 e. The number of halogens is 1. The number of hydrogen-bond donors (Lipinski definition) is 3. The molecular weight excluding hydrogens is 418 g/mol. The van der Waals surface area contributed by atoms with Crippen LogP contribution < -0.4 is 16.0 Å². The fraction of sp³-hybridized carbons (Fsp3) is 0.190. The van der Waals surface area contributed by atoms with Crippen molar-refractivity contribution in [2.24, 2.45) is 0 Å². The number of aryl methyl sites for hydroxylation is 2. The van der Waals surface area contributed by atoms with E-state index in [0.717, 1.165) is 21.7 Å². The van der Waals surface area contributed by atoms with Gasteiger partial charge in [0.05, 0.1) is 5.56 Å². The second-order valence-corrected chi connectivity index (χ2v) is 7.23. The SMILES string of the molecule is Cc1ccc(Nc2cc(C)nc(NCCNC(=O)c3ccccc3Br)n2)cc1. The van der Waals surface area contributed by atoms with E-state index >= 15 is 0 Å². The number of benzene rings is 2. The van der Waals surface area contributed by atoms with E-state index in [0.29, 0.717) is 24.6 Å². The molecule has 0 saturated heterocycles. The van der Waals surface area contributed by atoms with Crippen LogP contribution in [0, 0.1) is 13.8 Å². The molecule has 3 aromatic rings. The number of aromatic nitrogens is 2. The summed E-state index contributed by atoms with van der Waals surface area (Å²) in [6.07, 6.45) is 0. The maximum absolute atomic E-state index is 12.2. The molecule has 0 radical (unpaired) electrons. The molecule has 3 rings (SSSR count). The predicted molar refractivity (Wildman–Crippen MR) is 116 cm³/mol. The molecule has 0 aliphatic carbocycles. The summed E-state index contributed by atoms with van der Waals surface area (Å²) in [6, 6.07) is 17.3. The van der Waals surface area contributed by atoms with Gasteiger partial charge in [0.15, 0.2) is 0 Å². The molecule has 0 unspecified atom stereocenters. The molecule has 0 aliphatic rings. The van der Waals surface area contributed by atoms with Gasteiger partial charge in [-0.3, -0.25) is 4.79 Å². The van der Waals surface area contributed by atoms with Crippen LogP contribution in [0.5, 0.6) is 0 Å². The average Bonchev–Trinajstić information content (AvgIpc) is 2.67. The fourth-order valence-electron chi connectivity index (χ4n) is 2.59. The van der Waals surface area contributed by atoms with Gasteiger partial charge < -0.3 is 16.0 Å². The zero-order chi connectivity index (χ0) is 19.9. The Morgan fingerprint density at radius 2 is 1.75 bits per heavy atom. The minimum absolute atomic E-state index is 0.124. The molecule has 0 spiro atoms. The molecule has 0 fully saturated rings. The highest BCUT2D eigenvalue weighted by Crippen LogP contribution is 2.17. The summed E-state index contributed by atoms with van der Waals surface area (Å²) in [5, 5.41) is 9.32. The second-order valence-electron chi connectivity index (χ2n) is 6.37. The van der Waals surface area contributed by atoms with E-state index in [1.165, 1.54) is 5.56 Å². The Hall–Kier alpha value is -2.93. The van der Waals surface area contributed by atoms with Crippen LogP contribution in [0.2, 0.25) is 0 Å². The molecule has 7 heteroatoms. The van der Waals surface area contributed by atoms with Crippen LogP contribution in [0.4, 0.5) is 17.5 Å². The van der Waals surface area contributed by atoms with Gasteiger partial charge in [0.1, 0.15) is 5.82 Å². The fourth-order valence-corrected chi connectivity index (χ4v) is 3.05. The summed E-state index contributed by atoms with van der Waals surface area (Å²) in [4.78, 5) is 21.1. The third kappa shape index (κ3) is 5.53. The van der Waals surface area contributed by atoms with Gasteiger partial charge in [-0.25, -0.2) is 4.98 Å². The number of rotatable bonds is 7. The molecule has 2 aromatic carbocycles. The van der Waals surface area contributed by atoms with E-state index in [-0.39, 0.29) is 5.91 Å². The Labute approximate surface area is 172 Å². The van der Waals surface area contributed by atoms with Crippen LogP contribution in [0.15, 0.2) is 59.1 Å². The first kappa shape index (κ1) is 19.8. The second kappa shape index (κ2) is 9.32. The van der Waals surface area contributed by atoms with Gasteiger partial charge >= 0.3 is 0 Å². The van der Waals surface area contributed by atoms with Crippen molar-refractivity contribution in [2.75, 3.05) is 23.7 Å². The molecule has 144 valence electrons. The number of amides is 1. The van der Waals surface area contributed by atoms with Crippen LogP contribution in [0.25, 0.3) is 0 Å². The van der Waals surface area contributed by atoms with E-state index in [1.54, 1.807) is 6.07 Å². The number of carbonyl (C=O) groups excluding carboxylic acids is 1. The van der Waals surface area contributed by atoms with Gasteiger partial charge in [0.25, 0.3) is 5.91 Å². The highest BCUT2D eigenvalue weighted by molar-refractivity contribution is 9.10. The maximum Gasteiger partial charge on any atom is 0.252 e. The first-order valence-corrected chi connectivity index (χ1v) is 9.76. The lowest BCUT2D eigenvalue weighted by atomic mass is 10.2. The molecule has 0 aliphatic heterocycles. The van der Waals surface area contributed by atoms with Crippen LogP contribution in [-0.4, -0.2) is 29.0 Å². The molecule has 0 bridgehead atoms. The van der Waals surface area contributed by atoms with Crippen molar-refractivity contribution in [1.82, 2.24) is 15.3 Å². The molecule has 28 heavy (non-hydrogen) atoms. The lowest BCUT2D eigenvalue weighted by Crippen LogP contribution is -2.29. The Balaban J connectivity index is 1.54. The van der Waals surface area contributed by atoms with Gasteiger partial charge in [-0.05, 0) is 54.0 Å². The van der Waals surface area contributed by atoms with Gasteiger partial charge in [0, 0.05) is 35.0 Å². The topological polar surface area (TPSA) is 78.9 Å². The van der Waals surface area contributed by atoms with Gasteiger partial charge in [-0.1, -0.05) is 29.8 Å². The highest BCUT2D eigenvalue weighted by Gasteiger charge is 2.08. The normalized spacial score (nSPS) is 10.4. The van der Waals surface area contributed by atoms with Crippen molar-refractivity contribution in [2.45, 2.75) is 13.8 Å². The zero-order valence-corrected chi connectivity index (χ0v) is 17.4. The molecule has 1 amide bonds. The monoisotopic (exact) mass is 439 g/mol. The summed E-state index contributed by atoms with van der Waals surface area (Å²) >= 11 is 3.39. The Morgan fingerprint density at radius 1 is 1.00 bits per heavy atom. The van der Waals surface area contributed by atoms with Crippen molar-refractivity contribution >= 4 is 39.3 Å². The van der Waals surface area contributed by atoms with E-state index in [2.05, 4.69) is 48.8 Å². The number of nitrogens with one attached hydrogen (secondary N) is 3. The molecule has 1 aromatic heterocycles. The molecule has 3 N–H and O–H groups in total. The summed E-state index contributed by atoms with van der Waals surface area (Å²) < 4.78 is 0.772. The lowest BCUT2D eigenvalue weighted by molar-refractivity contribution is 0.0954. The first-order valence-electron chi connectivity index (χ1n) is 8.97. The Morgan fingerprint density at radius 3 is 2.50 bits per heavy atom. The lowest BCUT2D eigenvalue weighted by Gasteiger charge is -2.11. The van der Waals surface area contributed by atoms with Crippen molar-refractivity contribution in [3.8, 4) is 0 Å². The zero-order valence-electron chi connectivity index (χ0n) is 15.8. The molecule has 0 saturated carbocycles. The average molecular weight is 440 g/mol. The Kier molecular flexibility index (Phi) is 6.60. The maximum atomic E-state index is 12.2. The highest BCUT2D eigenvalue weighted by atomic mass is 79.9. The number of anilines is 3. The van der Waals surface area contributed by atoms with Crippen LogP contribution in [-0.2, 0) is 0 Å². The molecular formula is C21H22BrN5O. The largest absolute Gasteiger partial charge is 0.352 e. The molecule has 1 heterocycles.